The molecule has 22 heavy (non-hydrogen) atoms. The van der Waals surface area contributed by atoms with Gasteiger partial charge in [-0.25, -0.2) is 4.79 Å². The number of esters is 1. The Kier molecular flexibility index (Phi) is 4.22. The van der Waals surface area contributed by atoms with Crippen molar-refractivity contribution < 1.29 is 14.1 Å². The van der Waals surface area contributed by atoms with E-state index in [9.17, 15) is 4.79 Å². The topological polar surface area (TPSA) is 65.2 Å². The predicted molar refractivity (Wildman–Crippen MR) is 82.9 cm³/mol. The number of carbonyl (C=O) groups is 1. The molecule has 112 valence electrons. The van der Waals surface area contributed by atoms with Crippen LogP contribution in [-0.2, 0) is 11.3 Å². The number of carbonyl (C=O) groups excluding carboxylic acids is 1. The summed E-state index contributed by atoms with van der Waals surface area (Å²) in [5.74, 6) is 0.279. The molecule has 0 radical (unpaired) electrons. The van der Waals surface area contributed by atoms with Crippen LogP contribution in [0.5, 0.6) is 0 Å². The van der Waals surface area contributed by atoms with E-state index in [1.54, 1.807) is 24.3 Å². The molecule has 0 aliphatic heterocycles. The minimum Gasteiger partial charge on any atom is -0.451 e. The van der Waals surface area contributed by atoms with E-state index in [-0.39, 0.29) is 12.5 Å². The van der Waals surface area contributed by atoms with Crippen LogP contribution in [-0.4, -0.2) is 16.1 Å². The molecule has 0 amide bonds. The minimum atomic E-state index is -0.390. The second kappa shape index (κ2) is 6.29. The highest BCUT2D eigenvalue weighted by Crippen LogP contribution is 2.20. The van der Waals surface area contributed by atoms with Crippen LogP contribution in [0.25, 0.3) is 11.4 Å². The van der Waals surface area contributed by atoms with Gasteiger partial charge in [-0.1, -0.05) is 16.8 Å². The van der Waals surface area contributed by atoms with Crippen molar-refractivity contribution in [2.24, 2.45) is 0 Å². The SMILES string of the molecule is Cc1ccsc1C(=O)OCc1nc(-c2ccc(Cl)cc2)no1. The summed E-state index contributed by atoms with van der Waals surface area (Å²) in [5.41, 5.74) is 1.67. The summed E-state index contributed by atoms with van der Waals surface area (Å²) in [6.07, 6.45) is 0. The molecule has 0 fully saturated rings. The molecule has 3 aromatic rings. The van der Waals surface area contributed by atoms with E-state index in [2.05, 4.69) is 10.1 Å². The number of benzene rings is 1. The quantitative estimate of drug-likeness (QED) is 0.671. The first-order chi connectivity index (χ1) is 10.6. The third-order valence-electron chi connectivity index (χ3n) is 2.94. The van der Waals surface area contributed by atoms with Crippen LogP contribution in [0.15, 0.2) is 40.2 Å². The molecule has 0 aliphatic carbocycles. The van der Waals surface area contributed by atoms with Crippen molar-refractivity contribution in [3.63, 3.8) is 0 Å². The first-order valence-corrected chi connectivity index (χ1v) is 7.69. The Balaban J connectivity index is 1.66. The molecule has 5 nitrogen and oxygen atoms in total. The zero-order valence-corrected chi connectivity index (χ0v) is 13.1. The third-order valence-corrected chi connectivity index (χ3v) is 4.19. The van der Waals surface area contributed by atoms with Crippen LogP contribution in [0, 0.1) is 6.92 Å². The van der Waals surface area contributed by atoms with Gasteiger partial charge in [0, 0.05) is 10.6 Å². The van der Waals surface area contributed by atoms with Crippen LogP contribution in [0.1, 0.15) is 21.1 Å². The largest absolute Gasteiger partial charge is 0.451 e. The molecule has 0 saturated heterocycles. The average Bonchev–Trinajstić information content (AvgIpc) is 3.14. The molecule has 0 N–H and O–H groups in total. The van der Waals surface area contributed by atoms with E-state index in [4.69, 9.17) is 20.9 Å². The number of aryl methyl sites for hydroxylation is 1. The van der Waals surface area contributed by atoms with Crippen molar-refractivity contribution in [1.82, 2.24) is 10.1 Å². The third kappa shape index (κ3) is 3.18. The Morgan fingerprint density at radius 3 is 2.77 bits per heavy atom. The van der Waals surface area contributed by atoms with Crippen LogP contribution < -0.4 is 0 Å². The maximum absolute atomic E-state index is 11.9. The summed E-state index contributed by atoms with van der Waals surface area (Å²) in [5, 5.41) is 6.33. The zero-order valence-electron chi connectivity index (χ0n) is 11.6. The van der Waals surface area contributed by atoms with E-state index >= 15 is 0 Å². The number of halogens is 1. The second-order valence-electron chi connectivity index (χ2n) is 4.53. The molecule has 0 atom stereocenters. The molecule has 0 bridgehead atoms. The van der Waals surface area contributed by atoms with Gasteiger partial charge in [0.15, 0.2) is 6.61 Å². The summed E-state index contributed by atoms with van der Waals surface area (Å²) in [4.78, 5) is 16.7. The van der Waals surface area contributed by atoms with Crippen molar-refractivity contribution >= 4 is 28.9 Å². The molecule has 3 rings (SSSR count). The molecule has 0 aliphatic rings. The summed E-state index contributed by atoms with van der Waals surface area (Å²) < 4.78 is 10.3. The van der Waals surface area contributed by atoms with Crippen molar-refractivity contribution in [1.29, 1.82) is 0 Å². The fourth-order valence-corrected chi connectivity index (χ4v) is 2.75. The number of nitrogens with zero attached hydrogens (tertiary/aromatic N) is 2. The molecule has 0 unspecified atom stereocenters. The van der Waals surface area contributed by atoms with Gasteiger partial charge in [0.25, 0.3) is 5.89 Å². The Bertz CT molecular complexity index is 795. The van der Waals surface area contributed by atoms with Crippen molar-refractivity contribution in [3.05, 3.63) is 57.1 Å². The molecule has 1 aromatic carbocycles. The van der Waals surface area contributed by atoms with Crippen LogP contribution >= 0.6 is 22.9 Å². The van der Waals surface area contributed by atoms with E-state index in [1.807, 2.05) is 18.4 Å². The average molecular weight is 335 g/mol. The zero-order chi connectivity index (χ0) is 15.5. The lowest BCUT2D eigenvalue weighted by molar-refractivity contribution is 0.0435. The van der Waals surface area contributed by atoms with Gasteiger partial charge in [0.1, 0.15) is 4.88 Å². The standard InChI is InChI=1S/C15H11ClN2O3S/c1-9-6-7-22-13(9)15(19)20-8-12-17-14(18-21-12)10-2-4-11(16)5-3-10/h2-7H,8H2,1H3. The first kappa shape index (κ1) is 14.7. The molecule has 2 aromatic heterocycles. The maximum Gasteiger partial charge on any atom is 0.349 e. The van der Waals surface area contributed by atoms with Gasteiger partial charge in [-0.3, -0.25) is 0 Å². The van der Waals surface area contributed by atoms with Crippen molar-refractivity contribution in [3.8, 4) is 11.4 Å². The van der Waals surface area contributed by atoms with E-state index in [0.29, 0.717) is 15.7 Å². The Morgan fingerprint density at radius 1 is 1.32 bits per heavy atom. The summed E-state index contributed by atoms with van der Waals surface area (Å²) in [6, 6.07) is 8.93. The summed E-state index contributed by atoms with van der Waals surface area (Å²) in [7, 11) is 0. The molecule has 7 heteroatoms. The van der Waals surface area contributed by atoms with Gasteiger partial charge < -0.3 is 9.26 Å². The van der Waals surface area contributed by atoms with Gasteiger partial charge in [-0.2, -0.15) is 4.98 Å². The van der Waals surface area contributed by atoms with E-state index in [0.717, 1.165) is 11.1 Å². The lowest BCUT2D eigenvalue weighted by Crippen LogP contribution is -2.04. The fraction of sp³-hybridized carbons (Fsp3) is 0.133. The van der Waals surface area contributed by atoms with E-state index < -0.39 is 5.97 Å². The number of hydrogen-bond donors (Lipinski definition) is 0. The highest BCUT2D eigenvalue weighted by molar-refractivity contribution is 7.12. The highest BCUT2D eigenvalue weighted by atomic mass is 35.5. The van der Waals surface area contributed by atoms with Gasteiger partial charge in [-0.15, -0.1) is 11.3 Å². The smallest absolute Gasteiger partial charge is 0.349 e. The highest BCUT2D eigenvalue weighted by Gasteiger charge is 2.15. The molecule has 2 heterocycles. The second-order valence-corrected chi connectivity index (χ2v) is 5.88. The monoisotopic (exact) mass is 334 g/mol. The number of hydrogen-bond acceptors (Lipinski definition) is 6. The molecule has 0 saturated carbocycles. The Labute approximate surface area is 135 Å². The van der Waals surface area contributed by atoms with Gasteiger partial charge in [0.2, 0.25) is 5.82 Å². The normalized spacial score (nSPS) is 10.6. The van der Waals surface area contributed by atoms with Crippen molar-refractivity contribution in [2.75, 3.05) is 0 Å². The van der Waals surface area contributed by atoms with Crippen LogP contribution in [0.2, 0.25) is 5.02 Å². The van der Waals surface area contributed by atoms with Crippen LogP contribution in [0.4, 0.5) is 0 Å². The minimum absolute atomic E-state index is 0.0588. The van der Waals surface area contributed by atoms with E-state index in [1.165, 1.54) is 11.3 Å². The predicted octanol–water partition coefficient (Wildman–Crippen LogP) is 4.12. The number of aromatic nitrogens is 2. The Morgan fingerprint density at radius 2 is 2.09 bits per heavy atom. The lowest BCUT2D eigenvalue weighted by Gasteiger charge is -2.00. The van der Waals surface area contributed by atoms with Crippen LogP contribution in [0.3, 0.4) is 0 Å². The summed E-state index contributed by atoms with van der Waals surface area (Å²) in [6.45, 7) is 1.80. The van der Waals surface area contributed by atoms with Gasteiger partial charge >= 0.3 is 5.97 Å². The van der Waals surface area contributed by atoms with Gasteiger partial charge in [-0.05, 0) is 48.2 Å². The Hall–Kier alpha value is -2.18. The number of thiophene rings is 1. The maximum atomic E-state index is 11.9. The molecular weight excluding hydrogens is 324 g/mol. The summed E-state index contributed by atoms with van der Waals surface area (Å²) >= 11 is 7.17. The number of rotatable bonds is 4. The molecular formula is C15H11ClN2O3S. The lowest BCUT2D eigenvalue weighted by atomic mass is 10.2. The number of ether oxygens (including phenoxy) is 1. The fourth-order valence-electron chi connectivity index (χ4n) is 1.80. The van der Waals surface area contributed by atoms with Gasteiger partial charge in [0.05, 0.1) is 0 Å². The first-order valence-electron chi connectivity index (χ1n) is 6.43. The molecule has 0 spiro atoms. The van der Waals surface area contributed by atoms with Crippen molar-refractivity contribution in [2.45, 2.75) is 13.5 Å².